The summed E-state index contributed by atoms with van der Waals surface area (Å²) in [4.78, 5) is 14.6. The van der Waals surface area contributed by atoms with E-state index in [9.17, 15) is 4.79 Å². The highest BCUT2D eigenvalue weighted by Gasteiger charge is 2.31. The average molecular weight is 384 g/mol. The lowest BCUT2D eigenvalue weighted by Crippen LogP contribution is -2.45. The summed E-state index contributed by atoms with van der Waals surface area (Å²) < 4.78 is 1.17. The summed E-state index contributed by atoms with van der Waals surface area (Å²) in [6.07, 6.45) is 4.95. The number of likely N-dealkylation sites (tertiary alicyclic amines) is 1. The van der Waals surface area contributed by atoms with Crippen molar-refractivity contribution in [3.8, 4) is 0 Å². The second-order valence-electron chi connectivity index (χ2n) is 5.86. The molecule has 0 bridgehead atoms. The first-order valence-corrected chi connectivity index (χ1v) is 8.60. The van der Waals surface area contributed by atoms with Crippen molar-refractivity contribution in [2.45, 2.75) is 31.7 Å². The fraction of sp³-hybridized carbons (Fsp3) is 0.562. The lowest BCUT2D eigenvalue weighted by atomic mass is 9.89. The highest BCUT2D eigenvalue weighted by atomic mass is 127. The van der Waals surface area contributed by atoms with Gasteiger partial charge >= 0.3 is 0 Å². The molecule has 3 rings (SSSR count). The number of nitrogens with zero attached hydrogens (tertiary/aromatic N) is 1. The number of carbonyl (C=O) groups excluding carboxylic acids is 1. The van der Waals surface area contributed by atoms with Crippen LogP contribution in [0.3, 0.4) is 0 Å². The van der Waals surface area contributed by atoms with E-state index in [1.807, 2.05) is 24.3 Å². The van der Waals surface area contributed by atoms with Crippen molar-refractivity contribution in [2.75, 3.05) is 19.6 Å². The minimum absolute atomic E-state index is 0.198. The fourth-order valence-electron chi connectivity index (χ4n) is 3.41. The maximum absolute atomic E-state index is 12.6. The van der Waals surface area contributed by atoms with Crippen LogP contribution in [-0.2, 0) is 0 Å². The standard InChI is InChI=1S/C16H21IN2O/c17-14-7-5-12(6-8-14)16(20)19-10-2-3-13(11-19)15-4-1-9-18-15/h5-8,13,15,18H,1-4,9-11H2. The Morgan fingerprint density at radius 3 is 2.70 bits per heavy atom. The molecule has 1 amide bonds. The zero-order chi connectivity index (χ0) is 13.9. The van der Waals surface area contributed by atoms with Gasteiger partial charge in [-0.2, -0.15) is 0 Å². The predicted molar refractivity (Wildman–Crippen MR) is 88.8 cm³/mol. The Balaban J connectivity index is 1.66. The summed E-state index contributed by atoms with van der Waals surface area (Å²) in [5.41, 5.74) is 0.824. The molecule has 3 nitrogen and oxygen atoms in total. The second kappa shape index (κ2) is 6.43. The number of hydrogen-bond donors (Lipinski definition) is 1. The van der Waals surface area contributed by atoms with Gasteiger partial charge in [0.2, 0.25) is 0 Å². The van der Waals surface area contributed by atoms with E-state index in [-0.39, 0.29) is 5.91 Å². The monoisotopic (exact) mass is 384 g/mol. The molecule has 2 unspecified atom stereocenters. The van der Waals surface area contributed by atoms with Gasteiger partial charge in [0.25, 0.3) is 5.91 Å². The van der Waals surface area contributed by atoms with Crippen molar-refractivity contribution in [3.63, 3.8) is 0 Å². The van der Waals surface area contributed by atoms with Gasteiger partial charge in [0.1, 0.15) is 0 Å². The summed E-state index contributed by atoms with van der Waals surface area (Å²) in [6, 6.07) is 8.53. The largest absolute Gasteiger partial charge is 0.338 e. The summed E-state index contributed by atoms with van der Waals surface area (Å²) >= 11 is 2.27. The molecule has 0 spiro atoms. The third-order valence-corrected chi connectivity index (χ3v) is 5.22. The Kier molecular flexibility index (Phi) is 4.61. The second-order valence-corrected chi connectivity index (χ2v) is 7.11. The van der Waals surface area contributed by atoms with Crippen LogP contribution in [-0.4, -0.2) is 36.5 Å². The van der Waals surface area contributed by atoms with Crippen LogP contribution in [0, 0.1) is 9.49 Å². The molecule has 2 aliphatic rings. The smallest absolute Gasteiger partial charge is 0.253 e. The molecule has 2 heterocycles. The van der Waals surface area contributed by atoms with E-state index in [1.54, 1.807) is 0 Å². The van der Waals surface area contributed by atoms with Gasteiger partial charge in [0, 0.05) is 28.3 Å². The van der Waals surface area contributed by atoms with Gasteiger partial charge in [-0.25, -0.2) is 0 Å². The Hall–Kier alpha value is -0.620. The van der Waals surface area contributed by atoms with E-state index >= 15 is 0 Å². The molecule has 0 saturated carbocycles. The topological polar surface area (TPSA) is 32.3 Å². The number of nitrogens with one attached hydrogen (secondary N) is 1. The molecule has 0 radical (unpaired) electrons. The van der Waals surface area contributed by atoms with Gasteiger partial charge < -0.3 is 10.2 Å². The molecule has 2 fully saturated rings. The van der Waals surface area contributed by atoms with E-state index < -0.39 is 0 Å². The molecule has 2 saturated heterocycles. The van der Waals surface area contributed by atoms with E-state index in [4.69, 9.17) is 0 Å². The third-order valence-electron chi connectivity index (χ3n) is 4.50. The van der Waals surface area contributed by atoms with Crippen LogP contribution in [0.4, 0.5) is 0 Å². The quantitative estimate of drug-likeness (QED) is 0.796. The highest BCUT2D eigenvalue weighted by molar-refractivity contribution is 14.1. The SMILES string of the molecule is O=C(c1ccc(I)cc1)N1CCCC(C2CCCN2)C1. The van der Waals surface area contributed by atoms with E-state index in [1.165, 1.54) is 22.8 Å². The third kappa shape index (κ3) is 3.17. The number of benzene rings is 1. The van der Waals surface area contributed by atoms with Crippen LogP contribution in [0.2, 0.25) is 0 Å². The Labute approximate surface area is 134 Å². The first-order chi connectivity index (χ1) is 9.74. The predicted octanol–water partition coefficient (Wildman–Crippen LogP) is 2.90. The van der Waals surface area contributed by atoms with Gasteiger partial charge in [0.05, 0.1) is 0 Å². The average Bonchev–Trinajstić information content (AvgIpc) is 3.02. The van der Waals surface area contributed by atoms with Crippen LogP contribution in [0.15, 0.2) is 24.3 Å². The van der Waals surface area contributed by atoms with Crippen LogP contribution in [0.5, 0.6) is 0 Å². The number of hydrogen-bond acceptors (Lipinski definition) is 2. The molecule has 0 aromatic heterocycles. The molecule has 108 valence electrons. The first kappa shape index (κ1) is 14.3. The van der Waals surface area contributed by atoms with Crippen LogP contribution >= 0.6 is 22.6 Å². The summed E-state index contributed by atoms with van der Waals surface area (Å²) in [5.74, 6) is 0.836. The molecule has 1 aromatic rings. The highest BCUT2D eigenvalue weighted by Crippen LogP contribution is 2.25. The van der Waals surface area contributed by atoms with Gasteiger partial charge in [-0.1, -0.05) is 0 Å². The van der Waals surface area contributed by atoms with E-state index in [0.29, 0.717) is 12.0 Å². The minimum Gasteiger partial charge on any atom is -0.338 e. The molecule has 20 heavy (non-hydrogen) atoms. The Bertz CT molecular complexity index is 468. The summed E-state index contributed by atoms with van der Waals surface area (Å²) in [5, 5.41) is 3.59. The summed E-state index contributed by atoms with van der Waals surface area (Å²) in [7, 11) is 0. The molecule has 2 atom stereocenters. The van der Waals surface area contributed by atoms with Crippen molar-refractivity contribution in [1.82, 2.24) is 10.2 Å². The van der Waals surface area contributed by atoms with Crippen molar-refractivity contribution in [1.29, 1.82) is 0 Å². The molecule has 0 aliphatic carbocycles. The van der Waals surface area contributed by atoms with Crippen LogP contribution in [0.1, 0.15) is 36.0 Å². The van der Waals surface area contributed by atoms with Crippen molar-refractivity contribution in [2.24, 2.45) is 5.92 Å². The zero-order valence-electron chi connectivity index (χ0n) is 11.6. The minimum atomic E-state index is 0.198. The molecule has 2 aliphatic heterocycles. The number of piperidine rings is 1. The molecule has 4 heteroatoms. The maximum Gasteiger partial charge on any atom is 0.253 e. The molecule has 1 N–H and O–H groups in total. The Morgan fingerprint density at radius 1 is 1.20 bits per heavy atom. The van der Waals surface area contributed by atoms with Crippen LogP contribution in [0.25, 0.3) is 0 Å². The lowest BCUT2D eigenvalue weighted by molar-refractivity contribution is 0.0651. The van der Waals surface area contributed by atoms with Gasteiger partial charge in [-0.05, 0) is 85.0 Å². The molecule has 1 aromatic carbocycles. The summed E-state index contributed by atoms with van der Waals surface area (Å²) in [6.45, 7) is 2.97. The van der Waals surface area contributed by atoms with E-state index in [2.05, 4.69) is 32.8 Å². The van der Waals surface area contributed by atoms with Crippen molar-refractivity contribution < 1.29 is 4.79 Å². The maximum atomic E-state index is 12.6. The number of amides is 1. The number of carbonyl (C=O) groups is 1. The van der Waals surface area contributed by atoms with Crippen molar-refractivity contribution in [3.05, 3.63) is 33.4 Å². The van der Waals surface area contributed by atoms with Gasteiger partial charge in [-0.3, -0.25) is 4.79 Å². The van der Waals surface area contributed by atoms with E-state index in [0.717, 1.165) is 31.6 Å². The Morgan fingerprint density at radius 2 is 2.00 bits per heavy atom. The lowest BCUT2D eigenvalue weighted by Gasteiger charge is -2.36. The zero-order valence-corrected chi connectivity index (χ0v) is 13.8. The van der Waals surface area contributed by atoms with Crippen LogP contribution < -0.4 is 5.32 Å². The first-order valence-electron chi connectivity index (χ1n) is 7.52. The fourth-order valence-corrected chi connectivity index (χ4v) is 3.77. The normalized spacial score (nSPS) is 26.8. The van der Waals surface area contributed by atoms with Crippen molar-refractivity contribution >= 4 is 28.5 Å². The molecular weight excluding hydrogens is 363 g/mol. The number of rotatable bonds is 2. The number of halogens is 1. The van der Waals surface area contributed by atoms with Gasteiger partial charge in [0.15, 0.2) is 0 Å². The molecular formula is C16H21IN2O. The van der Waals surface area contributed by atoms with Gasteiger partial charge in [-0.15, -0.1) is 0 Å².